The Kier molecular flexibility index (Phi) is 4.07. The maximum Gasteiger partial charge on any atom is 0.285 e. The first-order valence-electron chi connectivity index (χ1n) is 7.26. The van der Waals surface area contributed by atoms with Crippen molar-refractivity contribution in [2.24, 2.45) is 0 Å². The van der Waals surface area contributed by atoms with Crippen LogP contribution in [-0.4, -0.2) is 45.3 Å². The molecule has 4 aromatic rings. The van der Waals surface area contributed by atoms with Crippen LogP contribution in [0, 0.1) is 10.1 Å². The predicted octanol–water partition coefficient (Wildman–Crippen LogP) is 1.70. The third-order valence-corrected chi connectivity index (χ3v) is 4.40. The van der Waals surface area contributed by atoms with Crippen LogP contribution >= 0.6 is 11.8 Å². The van der Waals surface area contributed by atoms with Crippen molar-refractivity contribution in [3.63, 3.8) is 0 Å². The zero-order valence-corrected chi connectivity index (χ0v) is 13.8. The molecule has 0 amide bonds. The molecular weight excluding hydrogens is 358 g/mol. The highest BCUT2D eigenvalue weighted by Gasteiger charge is 2.20. The molecule has 2 aromatic heterocycles. The standard InChI is InChI=1S/C14H9N9O2S/c24-23(25)12-8-11(21-9-15-17-19-21)6-7-13(12)26-14-16-18-20-22(14)10-4-2-1-3-5-10/h1-9H. The average molecular weight is 367 g/mol. The summed E-state index contributed by atoms with van der Waals surface area (Å²) >= 11 is 1.10. The van der Waals surface area contributed by atoms with Crippen LogP contribution in [0.2, 0.25) is 0 Å². The number of benzene rings is 2. The van der Waals surface area contributed by atoms with E-state index in [2.05, 4.69) is 31.1 Å². The molecule has 12 heteroatoms. The molecule has 0 aliphatic heterocycles. The monoisotopic (exact) mass is 367 g/mol. The van der Waals surface area contributed by atoms with Crippen molar-refractivity contribution in [3.05, 3.63) is 65.0 Å². The molecule has 0 N–H and O–H groups in total. The van der Waals surface area contributed by atoms with Gasteiger partial charge in [-0.25, -0.2) is 4.68 Å². The summed E-state index contributed by atoms with van der Waals surface area (Å²) in [5.74, 6) is 0. The van der Waals surface area contributed by atoms with Crippen LogP contribution in [0.4, 0.5) is 5.69 Å². The van der Waals surface area contributed by atoms with E-state index in [1.165, 1.54) is 21.8 Å². The van der Waals surface area contributed by atoms with Crippen molar-refractivity contribution in [2.45, 2.75) is 10.1 Å². The first kappa shape index (κ1) is 15.8. The first-order valence-corrected chi connectivity index (χ1v) is 8.07. The third kappa shape index (κ3) is 3.00. The third-order valence-electron chi connectivity index (χ3n) is 3.40. The van der Waals surface area contributed by atoms with Crippen molar-refractivity contribution in [2.75, 3.05) is 0 Å². The molecule has 128 valence electrons. The molecule has 0 saturated heterocycles. The molecule has 0 bridgehead atoms. The number of rotatable bonds is 5. The number of nitro benzene ring substituents is 1. The van der Waals surface area contributed by atoms with E-state index in [0.717, 1.165) is 17.4 Å². The fourth-order valence-electron chi connectivity index (χ4n) is 2.23. The van der Waals surface area contributed by atoms with E-state index in [1.807, 2.05) is 30.3 Å². The normalized spacial score (nSPS) is 10.8. The van der Waals surface area contributed by atoms with E-state index < -0.39 is 4.92 Å². The maximum absolute atomic E-state index is 11.5. The Morgan fingerprint density at radius 3 is 2.58 bits per heavy atom. The van der Waals surface area contributed by atoms with Gasteiger partial charge in [0.15, 0.2) is 0 Å². The molecule has 0 aliphatic carbocycles. The smallest absolute Gasteiger partial charge is 0.258 e. The Hall–Kier alpha value is -3.67. The van der Waals surface area contributed by atoms with Crippen molar-refractivity contribution < 1.29 is 4.92 Å². The Balaban J connectivity index is 1.71. The van der Waals surface area contributed by atoms with Gasteiger partial charge in [-0.05, 0) is 56.9 Å². The van der Waals surface area contributed by atoms with Gasteiger partial charge in [-0.2, -0.15) is 4.68 Å². The fraction of sp³-hybridized carbons (Fsp3) is 0. The fourth-order valence-corrected chi connectivity index (χ4v) is 3.11. The molecule has 2 aromatic carbocycles. The average Bonchev–Trinajstić information content (AvgIpc) is 3.34. The summed E-state index contributed by atoms with van der Waals surface area (Å²) in [5.41, 5.74) is 1.15. The summed E-state index contributed by atoms with van der Waals surface area (Å²) in [4.78, 5) is 11.4. The number of tetrazole rings is 2. The second-order valence-corrected chi connectivity index (χ2v) is 5.98. The molecule has 0 spiro atoms. The Morgan fingerprint density at radius 1 is 1.00 bits per heavy atom. The lowest BCUT2D eigenvalue weighted by Crippen LogP contribution is -2.00. The van der Waals surface area contributed by atoms with Crippen molar-refractivity contribution >= 4 is 17.4 Å². The van der Waals surface area contributed by atoms with Crippen LogP contribution < -0.4 is 0 Å². The highest BCUT2D eigenvalue weighted by molar-refractivity contribution is 7.99. The van der Waals surface area contributed by atoms with E-state index in [9.17, 15) is 10.1 Å². The summed E-state index contributed by atoms with van der Waals surface area (Å²) < 4.78 is 2.86. The molecule has 0 saturated carbocycles. The zero-order chi connectivity index (χ0) is 17.9. The predicted molar refractivity (Wildman–Crippen MR) is 89.1 cm³/mol. The number of para-hydroxylation sites is 1. The van der Waals surface area contributed by atoms with E-state index in [0.29, 0.717) is 15.7 Å². The zero-order valence-electron chi connectivity index (χ0n) is 12.9. The van der Waals surface area contributed by atoms with Gasteiger partial charge < -0.3 is 0 Å². The summed E-state index contributed by atoms with van der Waals surface area (Å²) in [7, 11) is 0. The van der Waals surface area contributed by atoms with Crippen LogP contribution in [0.1, 0.15) is 0 Å². The molecule has 2 heterocycles. The Bertz CT molecular complexity index is 1050. The SMILES string of the molecule is O=[N+]([O-])c1cc(-n2cnnn2)ccc1Sc1nnnn1-c1ccccc1. The van der Waals surface area contributed by atoms with Gasteiger partial charge in [0.1, 0.15) is 6.33 Å². The number of hydrogen-bond donors (Lipinski definition) is 0. The van der Waals surface area contributed by atoms with Gasteiger partial charge in [0.05, 0.1) is 21.2 Å². The number of aromatic nitrogens is 8. The van der Waals surface area contributed by atoms with Gasteiger partial charge >= 0.3 is 0 Å². The summed E-state index contributed by atoms with van der Waals surface area (Å²) in [6.45, 7) is 0. The van der Waals surface area contributed by atoms with Crippen LogP contribution in [0.3, 0.4) is 0 Å². The van der Waals surface area contributed by atoms with E-state index in [4.69, 9.17) is 0 Å². The largest absolute Gasteiger partial charge is 0.285 e. The summed E-state index contributed by atoms with van der Waals surface area (Å²) in [6.07, 6.45) is 1.36. The van der Waals surface area contributed by atoms with Crippen LogP contribution in [0.25, 0.3) is 11.4 Å². The summed E-state index contributed by atoms with van der Waals surface area (Å²) in [5, 5.41) is 34.3. The topological polar surface area (TPSA) is 130 Å². The number of nitrogens with zero attached hydrogens (tertiary/aromatic N) is 9. The minimum atomic E-state index is -0.465. The van der Waals surface area contributed by atoms with E-state index >= 15 is 0 Å². The molecule has 0 radical (unpaired) electrons. The number of hydrogen-bond acceptors (Lipinski definition) is 9. The molecule has 4 rings (SSSR count). The minimum Gasteiger partial charge on any atom is -0.258 e. The Morgan fingerprint density at radius 2 is 1.85 bits per heavy atom. The number of nitro groups is 1. The van der Waals surface area contributed by atoms with Gasteiger partial charge in [-0.15, -0.1) is 10.2 Å². The Labute approximate surface area is 149 Å². The van der Waals surface area contributed by atoms with E-state index in [-0.39, 0.29) is 5.69 Å². The van der Waals surface area contributed by atoms with Crippen molar-refractivity contribution in [1.29, 1.82) is 0 Å². The quantitative estimate of drug-likeness (QED) is 0.382. The lowest BCUT2D eigenvalue weighted by molar-refractivity contribution is -0.387. The lowest BCUT2D eigenvalue weighted by atomic mass is 10.3. The molecule has 0 fully saturated rings. The molecule has 26 heavy (non-hydrogen) atoms. The van der Waals surface area contributed by atoms with Crippen LogP contribution in [0.15, 0.2) is 64.9 Å². The highest BCUT2D eigenvalue weighted by atomic mass is 32.2. The summed E-state index contributed by atoms with van der Waals surface area (Å²) in [6, 6.07) is 14.0. The van der Waals surface area contributed by atoms with Gasteiger partial charge in [-0.3, -0.25) is 10.1 Å². The molecule has 0 atom stereocenters. The second kappa shape index (κ2) is 6.68. The second-order valence-electron chi connectivity index (χ2n) is 4.97. The van der Waals surface area contributed by atoms with Crippen LogP contribution in [-0.2, 0) is 0 Å². The first-order chi connectivity index (χ1) is 12.7. The maximum atomic E-state index is 11.5. The minimum absolute atomic E-state index is 0.0920. The molecule has 11 nitrogen and oxygen atoms in total. The van der Waals surface area contributed by atoms with E-state index in [1.54, 1.807) is 12.1 Å². The molecule has 0 unspecified atom stereocenters. The molecule has 0 aliphatic rings. The van der Waals surface area contributed by atoms with Gasteiger partial charge in [0, 0.05) is 6.07 Å². The molecular formula is C14H9N9O2S. The lowest BCUT2D eigenvalue weighted by Gasteiger charge is -2.06. The van der Waals surface area contributed by atoms with Gasteiger partial charge in [0.25, 0.3) is 5.69 Å². The van der Waals surface area contributed by atoms with Crippen molar-refractivity contribution in [1.82, 2.24) is 40.4 Å². The van der Waals surface area contributed by atoms with Gasteiger partial charge in [-0.1, -0.05) is 18.2 Å². The van der Waals surface area contributed by atoms with Crippen molar-refractivity contribution in [3.8, 4) is 11.4 Å². The van der Waals surface area contributed by atoms with Crippen LogP contribution in [0.5, 0.6) is 0 Å². The highest BCUT2D eigenvalue weighted by Crippen LogP contribution is 2.35. The van der Waals surface area contributed by atoms with Gasteiger partial charge in [0.2, 0.25) is 5.16 Å².